The van der Waals surface area contributed by atoms with Crippen molar-refractivity contribution < 1.29 is 14.3 Å². The van der Waals surface area contributed by atoms with Crippen LogP contribution in [-0.4, -0.2) is 84.9 Å². The lowest BCUT2D eigenvalue weighted by Crippen LogP contribution is -2.37. The number of carbonyl (C=O) groups excluding carboxylic acids is 2. The molecule has 0 atom stereocenters. The lowest BCUT2D eigenvalue weighted by molar-refractivity contribution is 0.0827. The molecule has 232 valence electrons. The van der Waals surface area contributed by atoms with Gasteiger partial charge in [-0.2, -0.15) is 0 Å². The zero-order valence-electron chi connectivity index (χ0n) is 26.1. The molecule has 1 aliphatic heterocycles. The Kier molecular flexibility index (Phi) is 9.33. The number of amides is 3. The number of aromatic nitrogens is 3. The number of ether oxygens (including phenoxy) is 1. The molecular weight excluding hydrogens is 570 g/mol. The highest BCUT2D eigenvalue weighted by Gasteiger charge is 2.20. The lowest BCUT2D eigenvalue weighted by Gasteiger charge is -2.28. The Morgan fingerprint density at radius 3 is 2.11 bits per heavy atom. The van der Waals surface area contributed by atoms with Crippen molar-refractivity contribution in [2.24, 2.45) is 0 Å². The first-order valence-corrected chi connectivity index (χ1v) is 14.6. The van der Waals surface area contributed by atoms with Gasteiger partial charge in [0.15, 0.2) is 11.6 Å². The Hall–Kier alpha value is -5.36. The number of urea groups is 1. The molecule has 0 aliphatic carbocycles. The van der Waals surface area contributed by atoms with Gasteiger partial charge in [0, 0.05) is 85.5 Å². The SMILES string of the molecule is CN/C(C)=C(\C(C)=N)c1cnc2c(N3CCOCC3)nc(-c3ccc(NC(=O)Nc4ccc(C(=O)N(C)C)cc4)cc3)nc2c1. The highest BCUT2D eigenvalue weighted by atomic mass is 16.5. The molecule has 4 N–H and O–H groups in total. The number of nitrogens with one attached hydrogen (secondary N) is 4. The summed E-state index contributed by atoms with van der Waals surface area (Å²) in [5.41, 5.74) is 6.68. The van der Waals surface area contributed by atoms with Crippen molar-refractivity contribution in [2.45, 2.75) is 13.8 Å². The van der Waals surface area contributed by atoms with Crippen LogP contribution in [0.3, 0.4) is 0 Å². The van der Waals surface area contributed by atoms with Gasteiger partial charge in [0.1, 0.15) is 5.52 Å². The standard InChI is InChI=1S/C33H37N9O3/c1-20(34)28(21(2)35-3)24-18-27-29(36-19-24)31(42-14-16-45-17-15-42)40-30(39-27)22-6-10-25(11-7-22)37-33(44)38-26-12-8-23(9-13-26)32(43)41(4)5/h6-13,18-19,34-35H,14-17H2,1-5H3,(H2,37,38,44)/b28-21+,34-20?. The highest BCUT2D eigenvalue weighted by molar-refractivity contribution is 6.22. The van der Waals surface area contributed by atoms with Crippen LogP contribution in [0.25, 0.3) is 28.0 Å². The molecule has 12 heteroatoms. The van der Waals surface area contributed by atoms with Gasteiger partial charge >= 0.3 is 6.03 Å². The fourth-order valence-electron chi connectivity index (χ4n) is 5.05. The van der Waals surface area contributed by atoms with Crippen LogP contribution in [0.4, 0.5) is 22.0 Å². The molecule has 1 saturated heterocycles. The summed E-state index contributed by atoms with van der Waals surface area (Å²) in [6.07, 6.45) is 1.77. The van der Waals surface area contributed by atoms with Gasteiger partial charge in [-0.05, 0) is 68.4 Å². The van der Waals surface area contributed by atoms with E-state index < -0.39 is 6.03 Å². The van der Waals surface area contributed by atoms with Crippen LogP contribution in [-0.2, 0) is 4.74 Å². The van der Waals surface area contributed by atoms with E-state index in [0.717, 1.165) is 28.2 Å². The maximum Gasteiger partial charge on any atom is 0.323 e. The molecule has 2 aromatic carbocycles. The monoisotopic (exact) mass is 607 g/mol. The van der Waals surface area contributed by atoms with Gasteiger partial charge in [0.2, 0.25) is 0 Å². The topological polar surface area (TPSA) is 148 Å². The number of benzene rings is 2. The van der Waals surface area contributed by atoms with E-state index in [2.05, 4.69) is 20.9 Å². The summed E-state index contributed by atoms with van der Waals surface area (Å²) in [6, 6.07) is 15.6. The number of hydrogen-bond acceptors (Lipinski definition) is 9. The molecular formula is C33H37N9O3. The average molecular weight is 608 g/mol. The van der Waals surface area contributed by atoms with E-state index in [9.17, 15) is 9.59 Å². The largest absolute Gasteiger partial charge is 0.391 e. The summed E-state index contributed by atoms with van der Waals surface area (Å²) in [4.78, 5) is 43.0. The van der Waals surface area contributed by atoms with Crippen molar-refractivity contribution in [1.29, 1.82) is 5.41 Å². The minimum atomic E-state index is -0.410. The summed E-state index contributed by atoms with van der Waals surface area (Å²) < 4.78 is 5.57. The maximum atomic E-state index is 12.7. The minimum absolute atomic E-state index is 0.109. The van der Waals surface area contributed by atoms with Gasteiger partial charge in [-0.25, -0.2) is 14.8 Å². The predicted molar refractivity (Wildman–Crippen MR) is 178 cm³/mol. The summed E-state index contributed by atoms with van der Waals surface area (Å²) in [5.74, 6) is 1.14. The van der Waals surface area contributed by atoms with E-state index in [1.165, 1.54) is 4.90 Å². The number of fused-ring (bicyclic) bond motifs is 1. The molecule has 3 amide bonds. The predicted octanol–water partition coefficient (Wildman–Crippen LogP) is 4.86. The minimum Gasteiger partial charge on any atom is -0.391 e. The average Bonchev–Trinajstić information content (AvgIpc) is 3.04. The molecule has 0 spiro atoms. The second-order valence-corrected chi connectivity index (χ2v) is 10.9. The Bertz CT molecular complexity index is 1760. The second-order valence-electron chi connectivity index (χ2n) is 10.9. The number of morpholine rings is 1. The third-order valence-corrected chi connectivity index (χ3v) is 7.44. The second kappa shape index (κ2) is 13.5. The molecule has 0 saturated carbocycles. The van der Waals surface area contributed by atoms with E-state index in [1.54, 1.807) is 63.6 Å². The van der Waals surface area contributed by atoms with Crippen LogP contribution < -0.4 is 20.9 Å². The molecule has 0 radical (unpaired) electrons. The number of carbonyl (C=O) groups is 2. The van der Waals surface area contributed by atoms with E-state index in [-0.39, 0.29) is 5.91 Å². The fourth-order valence-corrected chi connectivity index (χ4v) is 5.05. The molecule has 45 heavy (non-hydrogen) atoms. The molecule has 0 bridgehead atoms. The molecule has 0 unspecified atom stereocenters. The number of nitrogens with zero attached hydrogens (tertiary/aromatic N) is 5. The van der Waals surface area contributed by atoms with Gasteiger partial charge < -0.3 is 35.9 Å². The third kappa shape index (κ3) is 7.07. The fraction of sp³-hybridized carbons (Fsp3) is 0.273. The Morgan fingerprint density at radius 1 is 0.911 bits per heavy atom. The first kappa shape index (κ1) is 31.1. The van der Waals surface area contributed by atoms with E-state index >= 15 is 0 Å². The summed E-state index contributed by atoms with van der Waals surface area (Å²) in [6.45, 7) is 6.26. The van der Waals surface area contributed by atoms with Crippen molar-refractivity contribution in [2.75, 3.05) is 63.0 Å². The molecule has 1 aliphatic rings. The van der Waals surface area contributed by atoms with Gasteiger partial charge in [-0.1, -0.05) is 0 Å². The van der Waals surface area contributed by atoms with E-state index in [0.29, 0.717) is 65.8 Å². The molecule has 4 aromatic rings. The van der Waals surface area contributed by atoms with Crippen molar-refractivity contribution in [3.8, 4) is 11.4 Å². The lowest BCUT2D eigenvalue weighted by atomic mass is 10.0. The molecule has 3 heterocycles. The van der Waals surface area contributed by atoms with E-state index in [1.807, 2.05) is 32.2 Å². The smallest absolute Gasteiger partial charge is 0.323 e. The first-order valence-electron chi connectivity index (χ1n) is 14.6. The van der Waals surface area contributed by atoms with Gasteiger partial charge in [-0.15, -0.1) is 0 Å². The van der Waals surface area contributed by atoms with Crippen LogP contribution in [0.2, 0.25) is 0 Å². The zero-order valence-corrected chi connectivity index (χ0v) is 26.1. The first-order chi connectivity index (χ1) is 21.6. The van der Waals surface area contributed by atoms with Gasteiger partial charge in [0.05, 0.1) is 18.7 Å². The molecule has 2 aromatic heterocycles. The van der Waals surface area contributed by atoms with Crippen LogP contribution in [0.5, 0.6) is 0 Å². The molecule has 1 fully saturated rings. The van der Waals surface area contributed by atoms with Crippen molar-refractivity contribution in [3.05, 3.63) is 77.6 Å². The van der Waals surface area contributed by atoms with E-state index in [4.69, 9.17) is 25.1 Å². The Balaban J connectivity index is 1.41. The number of anilines is 3. The van der Waals surface area contributed by atoms with Gasteiger partial charge in [-0.3, -0.25) is 9.78 Å². The number of pyridine rings is 1. The van der Waals surface area contributed by atoms with Crippen LogP contribution in [0.1, 0.15) is 29.8 Å². The van der Waals surface area contributed by atoms with Gasteiger partial charge in [0.25, 0.3) is 5.91 Å². The zero-order chi connectivity index (χ0) is 32.1. The number of rotatable bonds is 8. The van der Waals surface area contributed by atoms with Crippen LogP contribution in [0.15, 0.2) is 66.5 Å². The number of allylic oxidation sites excluding steroid dienone is 2. The van der Waals surface area contributed by atoms with Crippen LogP contribution >= 0.6 is 0 Å². The molecule has 12 nitrogen and oxygen atoms in total. The Morgan fingerprint density at radius 2 is 1.53 bits per heavy atom. The third-order valence-electron chi connectivity index (χ3n) is 7.44. The van der Waals surface area contributed by atoms with Crippen molar-refractivity contribution in [3.63, 3.8) is 0 Å². The quantitative estimate of drug-likeness (QED) is 0.208. The molecule has 5 rings (SSSR count). The number of hydrogen-bond donors (Lipinski definition) is 4. The summed E-state index contributed by atoms with van der Waals surface area (Å²) >= 11 is 0. The van der Waals surface area contributed by atoms with Crippen molar-refractivity contribution >= 4 is 51.4 Å². The maximum absolute atomic E-state index is 12.7. The normalized spacial score (nSPS) is 13.6. The Labute approximate surface area is 262 Å². The van der Waals surface area contributed by atoms with Crippen LogP contribution in [0, 0.1) is 5.41 Å². The van der Waals surface area contributed by atoms with Crippen molar-refractivity contribution in [1.82, 2.24) is 25.2 Å². The summed E-state index contributed by atoms with van der Waals surface area (Å²) in [5, 5.41) is 17.1. The highest BCUT2D eigenvalue weighted by Crippen LogP contribution is 2.30. The summed E-state index contributed by atoms with van der Waals surface area (Å²) in [7, 11) is 5.21.